The number of aryl methyl sites for hydroxylation is 2. The van der Waals surface area contributed by atoms with E-state index < -0.39 is 0 Å². The molecule has 4 aromatic rings. The highest BCUT2D eigenvalue weighted by atomic mass is 16.2. The van der Waals surface area contributed by atoms with Gasteiger partial charge < -0.3 is 10.7 Å². The summed E-state index contributed by atoms with van der Waals surface area (Å²) in [5, 5.41) is 5.36. The number of aromatic amines is 1. The second kappa shape index (κ2) is 6.68. The summed E-state index contributed by atoms with van der Waals surface area (Å²) in [6.45, 7) is 4.38. The zero-order valence-electron chi connectivity index (χ0n) is 16.8. The minimum Gasteiger partial charge on any atom is -0.360 e. The van der Waals surface area contributed by atoms with Crippen LogP contribution >= 0.6 is 0 Å². The first-order valence-corrected chi connectivity index (χ1v) is 9.89. The number of carbonyl (C=O) groups excluding carboxylic acids is 2. The van der Waals surface area contributed by atoms with Gasteiger partial charge in [-0.15, -0.1) is 0 Å². The Morgan fingerprint density at radius 3 is 2.43 bits per heavy atom. The van der Waals surface area contributed by atoms with Crippen molar-refractivity contribution < 1.29 is 9.59 Å². The van der Waals surface area contributed by atoms with Crippen LogP contribution in [0.25, 0.3) is 32.8 Å². The molecule has 0 saturated carbocycles. The first kappa shape index (κ1) is 18.3. The molecule has 0 spiro atoms. The number of benzene rings is 3. The van der Waals surface area contributed by atoms with Crippen molar-refractivity contribution in [2.45, 2.75) is 20.4 Å². The molecule has 0 atom stereocenters. The lowest BCUT2D eigenvalue weighted by atomic mass is 9.89. The number of hydrogen-bond acceptors (Lipinski definition) is 3. The van der Waals surface area contributed by atoms with E-state index in [0.717, 1.165) is 49.5 Å². The Labute approximate surface area is 173 Å². The summed E-state index contributed by atoms with van der Waals surface area (Å²) in [6, 6.07) is 16.0. The Morgan fingerprint density at radius 2 is 1.63 bits per heavy atom. The second-order valence-corrected chi connectivity index (χ2v) is 7.75. The van der Waals surface area contributed by atoms with Crippen molar-refractivity contribution >= 4 is 44.6 Å². The molecule has 0 aliphatic carbocycles. The number of amides is 2. The predicted octanol–water partition coefficient (Wildman–Crippen LogP) is 3.96. The van der Waals surface area contributed by atoms with Crippen molar-refractivity contribution in [2.24, 2.45) is 5.73 Å². The number of nitrogens with two attached hydrogens (primary N) is 1. The molecule has 0 saturated heterocycles. The Balaban J connectivity index is 1.89. The third-order valence-electron chi connectivity index (χ3n) is 5.90. The van der Waals surface area contributed by atoms with Gasteiger partial charge in [0, 0.05) is 29.2 Å². The molecule has 0 bridgehead atoms. The van der Waals surface area contributed by atoms with Crippen LogP contribution in [0.2, 0.25) is 0 Å². The fourth-order valence-corrected chi connectivity index (χ4v) is 4.40. The first-order valence-electron chi connectivity index (χ1n) is 9.89. The monoisotopic (exact) mass is 395 g/mol. The summed E-state index contributed by atoms with van der Waals surface area (Å²) >= 11 is 0. The zero-order valence-corrected chi connectivity index (χ0v) is 16.8. The molecule has 4 N–H and O–H groups in total. The van der Waals surface area contributed by atoms with Crippen LogP contribution in [-0.4, -0.2) is 16.8 Å². The summed E-state index contributed by atoms with van der Waals surface area (Å²) in [5.41, 5.74) is 12.2. The van der Waals surface area contributed by atoms with Crippen LogP contribution in [0.1, 0.15) is 27.8 Å². The highest BCUT2D eigenvalue weighted by molar-refractivity contribution is 6.51. The van der Waals surface area contributed by atoms with Crippen LogP contribution in [0.3, 0.4) is 0 Å². The van der Waals surface area contributed by atoms with Gasteiger partial charge in [-0.2, -0.15) is 0 Å². The topological polar surface area (TPSA) is 88.0 Å². The van der Waals surface area contributed by atoms with Gasteiger partial charge in [0.1, 0.15) is 0 Å². The fraction of sp³-hybridized carbons (Fsp3) is 0.120. The number of H-pyrrole nitrogens is 1. The Bertz CT molecular complexity index is 1410. The SMILES string of the molecule is Cc1ccc2ccc(CN)cc2c1C1=C(c2c[nH]c3c(C)cccc23)C(=O)NC1=O. The largest absolute Gasteiger partial charge is 0.360 e. The predicted molar refractivity (Wildman–Crippen MR) is 120 cm³/mol. The highest BCUT2D eigenvalue weighted by Gasteiger charge is 2.35. The lowest BCUT2D eigenvalue weighted by Crippen LogP contribution is -2.22. The smallest absolute Gasteiger partial charge is 0.259 e. The minimum atomic E-state index is -0.371. The van der Waals surface area contributed by atoms with Gasteiger partial charge in [0.25, 0.3) is 11.8 Å². The summed E-state index contributed by atoms with van der Waals surface area (Å²) in [5.74, 6) is -0.741. The van der Waals surface area contributed by atoms with Crippen LogP contribution in [0.5, 0.6) is 0 Å². The Kier molecular flexibility index (Phi) is 4.08. The van der Waals surface area contributed by atoms with E-state index in [-0.39, 0.29) is 11.8 Å². The molecule has 0 fully saturated rings. The number of rotatable bonds is 3. The van der Waals surface area contributed by atoms with Gasteiger partial charge >= 0.3 is 0 Å². The third-order valence-corrected chi connectivity index (χ3v) is 5.90. The molecule has 0 unspecified atom stereocenters. The number of aromatic nitrogens is 1. The van der Waals surface area contributed by atoms with E-state index in [1.54, 1.807) is 0 Å². The summed E-state index contributed by atoms with van der Waals surface area (Å²) in [4.78, 5) is 29.2. The molecule has 5 rings (SSSR count). The molecular weight excluding hydrogens is 374 g/mol. The number of fused-ring (bicyclic) bond motifs is 2. The van der Waals surface area contributed by atoms with E-state index in [0.29, 0.717) is 17.7 Å². The number of hydrogen-bond donors (Lipinski definition) is 3. The Morgan fingerprint density at radius 1 is 0.867 bits per heavy atom. The summed E-state index contributed by atoms with van der Waals surface area (Å²) < 4.78 is 0. The van der Waals surface area contributed by atoms with Crippen LogP contribution in [0.4, 0.5) is 0 Å². The molecule has 30 heavy (non-hydrogen) atoms. The van der Waals surface area contributed by atoms with Gasteiger partial charge in [0.15, 0.2) is 0 Å². The van der Waals surface area contributed by atoms with Gasteiger partial charge in [-0.05, 0) is 52.9 Å². The molecule has 1 aliphatic heterocycles. The van der Waals surface area contributed by atoms with E-state index >= 15 is 0 Å². The average molecular weight is 395 g/mol. The molecule has 5 heteroatoms. The molecule has 3 aromatic carbocycles. The molecular formula is C25H21N3O2. The van der Waals surface area contributed by atoms with Crippen molar-refractivity contribution in [3.05, 3.63) is 82.5 Å². The maximum absolute atomic E-state index is 13.0. The van der Waals surface area contributed by atoms with Crippen molar-refractivity contribution in [1.82, 2.24) is 10.3 Å². The van der Waals surface area contributed by atoms with Gasteiger partial charge in [-0.3, -0.25) is 14.9 Å². The van der Waals surface area contributed by atoms with E-state index in [1.807, 2.05) is 68.6 Å². The molecule has 5 nitrogen and oxygen atoms in total. The molecule has 1 aromatic heterocycles. The fourth-order valence-electron chi connectivity index (χ4n) is 4.40. The maximum atomic E-state index is 13.0. The van der Waals surface area contributed by atoms with Gasteiger partial charge in [-0.1, -0.05) is 42.5 Å². The van der Waals surface area contributed by atoms with Crippen molar-refractivity contribution in [1.29, 1.82) is 0 Å². The van der Waals surface area contributed by atoms with Crippen molar-refractivity contribution in [2.75, 3.05) is 0 Å². The van der Waals surface area contributed by atoms with E-state index in [1.165, 1.54) is 0 Å². The van der Waals surface area contributed by atoms with E-state index in [9.17, 15) is 9.59 Å². The lowest BCUT2D eigenvalue weighted by Gasteiger charge is -2.13. The molecule has 0 radical (unpaired) electrons. The maximum Gasteiger partial charge on any atom is 0.259 e. The molecule has 2 heterocycles. The minimum absolute atomic E-state index is 0.370. The first-order chi connectivity index (χ1) is 14.5. The number of imide groups is 1. The quantitative estimate of drug-likeness (QED) is 0.459. The molecule has 2 amide bonds. The highest BCUT2D eigenvalue weighted by Crippen LogP contribution is 2.39. The van der Waals surface area contributed by atoms with Crippen LogP contribution in [-0.2, 0) is 16.1 Å². The van der Waals surface area contributed by atoms with Crippen LogP contribution < -0.4 is 11.1 Å². The van der Waals surface area contributed by atoms with Crippen molar-refractivity contribution in [3.63, 3.8) is 0 Å². The average Bonchev–Trinajstić information content (AvgIpc) is 3.28. The van der Waals surface area contributed by atoms with Gasteiger partial charge in [0.2, 0.25) is 0 Å². The van der Waals surface area contributed by atoms with Crippen LogP contribution in [0, 0.1) is 13.8 Å². The molecule has 148 valence electrons. The number of para-hydroxylation sites is 1. The summed E-state index contributed by atoms with van der Waals surface area (Å²) in [6.07, 6.45) is 1.82. The standard InChI is InChI=1S/C25H21N3O2/c1-13-6-8-16-9-7-15(11-26)10-18(16)20(13)22-21(24(29)28-25(22)30)19-12-27-23-14(2)4-3-5-17(19)23/h3-10,12,27H,11,26H2,1-2H3,(H,28,29,30). The van der Waals surface area contributed by atoms with Gasteiger partial charge in [-0.25, -0.2) is 0 Å². The van der Waals surface area contributed by atoms with E-state index in [2.05, 4.69) is 10.3 Å². The van der Waals surface area contributed by atoms with Crippen molar-refractivity contribution in [3.8, 4) is 0 Å². The number of carbonyl (C=O) groups is 2. The Hall–Kier alpha value is -3.70. The van der Waals surface area contributed by atoms with Crippen LogP contribution in [0.15, 0.2) is 54.7 Å². The number of nitrogens with one attached hydrogen (secondary N) is 2. The van der Waals surface area contributed by atoms with Gasteiger partial charge in [0.05, 0.1) is 11.1 Å². The molecule has 1 aliphatic rings. The zero-order chi connectivity index (χ0) is 21.0. The summed E-state index contributed by atoms with van der Waals surface area (Å²) in [7, 11) is 0. The third kappa shape index (κ3) is 2.60. The lowest BCUT2D eigenvalue weighted by molar-refractivity contribution is -0.122. The van der Waals surface area contributed by atoms with E-state index in [4.69, 9.17) is 5.73 Å². The normalized spacial score (nSPS) is 14.2. The second-order valence-electron chi connectivity index (χ2n) is 7.75.